The molecule has 1 fully saturated rings. The zero-order chi connectivity index (χ0) is 31.4. The van der Waals surface area contributed by atoms with Gasteiger partial charge in [0, 0.05) is 37.4 Å². The van der Waals surface area contributed by atoms with Crippen LogP contribution in [0.3, 0.4) is 0 Å². The van der Waals surface area contributed by atoms with E-state index in [1.54, 1.807) is 11.8 Å². The molecule has 1 aliphatic rings. The van der Waals surface area contributed by atoms with Crippen molar-refractivity contribution in [3.8, 4) is 5.82 Å². The van der Waals surface area contributed by atoms with Gasteiger partial charge in [-0.15, -0.1) is 0 Å². The van der Waals surface area contributed by atoms with Crippen LogP contribution in [-0.2, 0) is 14.3 Å². The molecule has 3 N–H and O–H groups in total. The smallest absolute Gasteiger partial charge is 0.359 e. The van der Waals surface area contributed by atoms with Crippen molar-refractivity contribution in [2.24, 2.45) is 0 Å². The summed E-state index contributed by atoms with van der Waals surface area (Å²) in [5, 5.41) is 2.90. The molecule has 226 valence electrons. The number of nitrogens with one attached hydrogen (secondary N) is 1. The van der Waals surface area contributed by atoms with Crippen LogP contribution in [0.15, 0.2) is 56.8 Å². The maximum Gasteiger partial charge on any atom is 0.359 e. The molecule has 3 heterocycles. The van der Waals surface area contributed by atoms with Crippen molar-refractivity contribution >= 4 is 54.4 Å². The van der Waals surface area contributed by atoms with E-state index in [2.05, 4.69) is 26.2 Å². The Bertz CT molecular complexity index is 1950. The van der Waals surface area contributed by atoms with E-state index in [1.807, 2.05) is 13.8 Å². The van der Waals surface area contributed by atoms with Gasteiger partial charge in [0.2, 0.25) is 5.43 Å². The Morgan fingerprint density at radius 1 is 1.12 bits per heavy atom. The lowest BCUT2D eigenvalue weighted by Gasteiger charge is -2.43. The number of hydrogen-bond acceptors (Lipinski definition) is 9. The number of nitrogens with zero attached hydrogens (tertiary/aromatic N) is 3. The number of halogens is 4. The van der Waals surface area contributed by atoms with Crippen molar-refractivity contribution in [1.29, 1.82) is 0 Å². The van der Waals surface area contributed by atoms with Crippen LogP contribution >= 0.6 is 15.9 Å². The number of rotatable bonds is 7. The van der Waals surface area contributed by atoms with Gasteiger partial charge in [-0.05, 0) is 41.1 Å². The van der Waals surface area contributed by atoms with Crippen molar-refractivity contribution in [3.05, 3.63) is 85.9 Å². The first kappa shape index (κ1) is 30.5. The molecule has 0 radical (unpaired) electrons. The Labute approximate surface area is 252 Å². The van der Waals surface area contributed by atoms with Crippen molar-refractivity contribution in [2.75, 3.05) is 23.7 Å². The number of hydrogen-bond donors (Lipinski definition) is 2. The van der Waals surface area contributed by atoms with E-state index >= 15 is 8.78 Å². The molecule has 0 saturated carbocycles. The van der Waals surface area contributed by atoms with Crippen LogP contribution in [0.5, 0.6) is 0 Å². The Morgan fingerprint density at radius 2 is 1.77 bits per heavy atom. The van der Waals surface area contributed by atoms with Gasteiger partial charge in [-0.25, -0.2) is 22.9 Å². The third-order valence-electron chi connectivity index (χ3n) is 6.80. The summed E-state index contributed by atoms with van der Waals surface area (Å²) in [6, 6.07) is 6.94. The van der Waals surface area contributed by atoms with E-state index in [4.69, 9.17) is 9.92 Å². The lowest BCUT2D eigenvalue weighted by atomic mass is 10.0. The van der Waals surface area contributed by atoms with Gasteiger partial charge in [-0.1, -0.05) is 31.5 Å². The SMILES string of the molecule is Cc1ccc(S(=O)(=O)OC(=O)c2cn(-c3nc(N)c(F)cc3F)c3c(Br)c(N4CC(NC(C)C)C4)c(F)cc3c2=O)cc1. The number of nitrogen functional groups attached to an aromatic ring is 1. The third-order valence-corrected chi connectivity index (χ3v) is 8.78. The second kappa shape index (κ2) is 11.3. The monoisotopic (exact) mass is 679 g/mol. The molecule has 0 aliphatic carbocycles. The zero-order valence-corrected chi connectivity index (χ0v) is 25.4. The molecule has 2 aromatic heterocycles. The summed E-state index contributed by atoms with van der Waals surface area (Å²) in [6.45, 7) is 6.50. The largest absolute Gasteiger partial charge is 0.381 e. The summed E-state index contributed by atoms with van der Waals surface area (Å²) in [7, 11) is -4.69. The highest BCUT2D eigenvalue weighted by Crippen LogP contribution is 2.39. The maximum atomic E-state index is 15.6. The highest BCUT2D eigenvalue weighted by molar-refractivity contribution is 9.10. The van der Waals surface area contributed by atoms with Gasteiger partial charge in [0.1, 0.15) is 16.3 Å². The summed E-state index contributed by atoms with van der Waals surface area (Å²) in [5.74, 6) is -6.17. The molecule has 0 amide bonds. The minimum absolute atomic E-state index is 0.0129. The van der Waals surface area contributed by atoms with Crippen LogP contribution < -0.4 is 21.4 Å². The Balaban J connectivity index is 1.69. The predicted octanol–water partition coefficient (Wildman–Crippen LogP) is 4.19. The summed E-state index contributed by atoms with van der Waals surface area (Å²) in [4.78, 5) is 31.8. The number of carbonyl (C=O) groups excluding carboxylic acids is 1. The standard InChI is InChI=1S/C28H25BrF3N5O5S/c1-13(2)34-15-10-36(11-15)24-19(30)8-17-23(22(24)29)37(27-21(32)9-20(31)26(33)35-27)12-18(25(17)38)28(39)42-43(40,41)16-6-4-14(3)5-7-16/h4-9,12-13,15,34H,10-11H2,1-3H3,(H2,33,35). The fourth-order valence-corrected chi connectivity index (χ4v) is 6.48. The molecule has 0 atom stereocenters. The number of pyridine rings is 2. The summed E-state index contributed by atoms with van der Waals surface area (Å²) < 4.78 is 76.0. The number of aryl methyl sites for hydroxylation is 1. The van der Waals surface area contributed by atoms with Crippen LogP contribution in [0.25, 0.3) is 16.7 Å². The zero-order valence-electron chi connectivity index (χ0n) is 23.0. The van der Waals surface area contributed by atoms with Crippen molar-refractivity contribution < 1.29 is 30.6 Å². The van der Waals surface area contributed by atoms with Gasteiger partial charge < -0.3 is 20.1 Å². The van der Waals surface area contributed by atoms with E-state index in [-0.39, 0.29) is 32.7 Å². The van der Waals surface area contributed by atoms with Gasteiger partial charge in [0.15, 0.2) is 23.3 Å². The number of aromatic nitrogens is 2. The van der Waals surface area contributed by atoms with E-state index < -0.39 is 61.6 Å². The summed E-state index contributed by atoms with van der Waals surface area (Å²) in [6.07, 6.45) is 0.798. The molecule has 43 heavy (non-hydrogen) atoms. The van der Waals surface area contributed by atoms with E-state index in [1.165, 1.54) is 24.3 Å². The fraction of sp³-hybridized carbons (Fsp3) is 0.250. The van der Waals surface area contributed by atoms with Crippen molar-refractivity contribution in [2.45, 2.75) is 37.8 Å². The molecule has 4 aromatic rings. The van der Waals surface area contributed by atoms with Crippen LogP contribution in [0, 0.1) is 24.4 Å². The first-order valence-corrected chi connectivity index (χ1v) is 15.1. The van der Waals surface area contributed by atoms with E-state index in [0.717, 1.165) is 22.4 Å². The second-order valence-electron chi connectivity index (χ2n) is 10.4. The van der Waals surface area contributed by atoms with E-state index in [0.29, 0.717) is 19.2 Å². The number of nitrogens with two attached hydrogens (primary N) is 1. The molecular weight excluding hydrogens is 655 g/mol. The molecule has 10 nitrogen and oxygen atoms in total. The fourth-order valence-electron chi connectivity index (χ4n) is 4.78. The second-order valence-corrected chi connectivity index (χ2v) is 12.7. The van der Waals surface area contributed by atoms with E-state index in [9.17, 15) is 22.4 Å². The first-order valence-electron chi connectivity index (χ1n) is 12.9. The molecule has 2 aromatic carbocycles. The maximum absolute atomic E-state index is 15.6. The van der Waals surface area contributed by atoms with Gasteiger partial charge in [-0.3, -0.25) is 9.36 Å². The highest BCUT2D eigenvalue weighted by Gasteiger charge is 2.33. The minimum atomic E-state index is -4.69. The molecular formula is C28H25BrF3N5O5S. The van der Waals surface area contributed by atoms with Gasteiger partial charge >= 0.3 is 16.1 Å². The quantitative estimate of drug-likeness (QED) is 0.276. The predicted molar refractivity (Wildman–Crippen MR) is 157 cm³/mol. The van der Waals surface area contributed by atoms with Crippen LogP contribution in [-0.4, -0.2) is 49.1 Å². The molecule has 0 bridgehead atoms. The van der Waals surface area contributed by atoms with Crippen molar-refractivity contribution in [3.63, 3.8) is 0 Å². The van der Waals surface area contributed by atoms with Gasteiger partial charge in [-0.2, -0.15) is 8.42 Å². The topological polar surface area (TPSA) is 137 Å². The molecule has 0 spiro atoms. The molecule has 5 rings (SSSR count). The van der Waals surface area contributed by atoms with Crippen LogP contribution in [0.2, 0.25) is 0 Å². The molecule has 15 heteroatoms. The normalized spacial score (nSPS) is 13.9. The van der Waals surface area contributed by atoms with Crippen LogP contribution in [0.1, 0.15) is 29.8 Å². The number of fused-ring (bicyclic) bond motifs is 1. The van der Waals surface area contributed by atoms with Gasteiger partial charge in [0.25, 0.3) is 0 Å². The average molecular weight is 681 g/mol. The van der Waals surface area contributed by atoms with Crippen LogP contribution in [0.4, 0.5) is 24.7 Å². The Hall–Kier alpha value is -3.95. The number of carbonyl (C=O) groups is 1. The van der Waals surface area contributed by atoms with Crippen molar-refractivity contribution in [1.82, 2.24) is 14.9 Å². The Kier molecular flexibility index (Phi) is 8.00. The number of anilines is 2. The lowest BCUT2D eigenvalue weighted by molar-refractivity contribution is 0.0745. The highest BCUT2D eigenvalue weighted by atomic mass is 79.9. The molecule has 0 unspecified atom stereocenters. The molecule has 1 saturated heterocycles. The number of benzene rings is 2. The summed E-state index contributed by atoms with van der Waals surface area (Å²) >= 11 is 3.34. The first-order chi connectivity index (χ1) is 20.2. The minimum Gasteiger partial charge on any atom is -0.381 e. The average Bonchev–Trinajstić information content (AvgIpc) is 2.89. The Morgan fingerprint density at radius 3 is 2.40 bits per heavy atom. The van der Waals surface area contributed by atoms with Gasteiger partial charge in [0.05, 0.1) is 21.1 Å². The third kappa shape index (κ3) is 5.71. The lowest BCUT2D eigenvalue weighted by Crippen LogP contribution is -2.59. The molecule has 1 aliphatic heterocycles. The summed E-state index contributed by atoms with van der Waals surface area (Å²) in [5.41, 5.74) is 4.29.